The molecule has 2 heterocycles. The fourth-order valence-electron chi connectivity index (χ4n) is 3.80. The molecule has 1 aliphatic rings. The average molecular weight is 444 g/mol. The Hall–Kier alpha value is -4.51. The summed E-state index contributed by atoms with van der Waals surface area (Å²) in [7, 11) is 2.94. The van der Waals surface area contributed by atoms with E-state index in [0.29, 0.717) is 34.3 Å². The lowest BCUT2D eigenvalue weighted by molar-refractivity contribution is -0.132. The maximum atomic E-state index is 13.1. The molecule has 33 heavy (non-hydrogen) atoms. The number of carbonyl (C=O) groups excluding carboxylic acids is 2. The number of ether oxygens (including phenoxy) is 2. The molecule has 0 saturated carbocycles. The number of rotatable bonds is 5. The number of aliphatic hydroxyl groups is 1. The summed E-state index contributed by atoms with van der Waals surface area (Å²) in [6.45, 7) is 1.74. The van der Waals surface area contributed by atoms with Gasteiger partial charge in [0.25, 0.3) is 11.7 Å². The number of carbonyl (C=O) groups is 2. The van der Waals surface area contributed by atoms with E-state index in [0.717, 1.165) is 0 Å². The molecule has 1 unspecified atom stereocenters. The second kappa shape index (κ2) is 8.55. The molecule has 166 valence electrons. The van der Waals surface area contributed by atoms with Gasteiger partial charge in [0, 0.05) is 11.3 Å². The van der Waals surface area contributed by atoms with Crippen molar-refractivity contribution >= 4 is 23.1 Å². The standard InChI is InChI=1S/C25H20N2O6/c1-14-4-10-19(33-14)22-21(23(28)16-7-11-18(31-2)20(12-16)32-3)24(29)25(30)27(22)17-8-5-15(13-26)6-9-17/h4-12,22,28H,1-3H3/b23-21-. The zero-order chi connectivity index (χ0) is 23.7. The Balaban J connectivity index is 1.91. The summed E-state index contributed by atoms with van der Waals surface area (Å²) in [5.74, 6) is -0.339. The molecular weight excluding hydrogens is 424 g/mol. The van der Waals surface area contributed by atoms with Crippen LogP contribution in [0.1, 0.15) is 28.7 Å². The van der Waals surface area contributed by atoms with Crippen LogP contribution in [0.25, 0.3) is 5.76 Å². The molecule has 2 aromatic carbocycles. The van der Waals surface area contributed by atoms with E-state index in [9.17, 15) is 14.7 Å². The number of ketones is 1. The third-order valence-electron chi connectivity index (χ3n) is 5.41. The van der Waals surface area contributed by atoms with E-state index in [1.165, 1.54) is 25.2 Å². The number of furan rings is 1. The first-order valence-electron chi connectivity index (χ1n) is 9.99. The fourth-order valence-corrected chi connectivity index (χ4v) is 3.80. The minimum atomic E-state index is -1.00. The van der Waals surface area contributed by atoms with E-state index >= 15 is 0 Å². The Labute approximate surface area is 189 Å². The van der Waals surface area contributed by atoms with Crippen molar-refractivity contribution in [2.24, 2.45) is 0 Å². The number of amides is 1. The smallest absolute Gasteiger partial charge is 0.300 e. The zero-order valence-electron chi connectivity index (χ0n) is 18.2. The monoisotopic (exact) mass is 444 g/mol. The molecule has 1 fully saturated rings. The van der Waals surface area contributed by atoms with E-state index in [2.05, 4.69) is 0 Å². The molecule has 0 radical (unpaired) electrons. The highest BCUT2D eigenvalue weighted by Gasteiger charge is 2.48. The van der Waals surface area contributed by atoms with Gasteiger partial charge in [0.2, 0.25) is 0 Å². The van der Waals surface area contributed by atoms with Crippen LogP contribution in [-0.4, -0.2) is 31.0 Å². The molecule has 1 atom stereocenters. The highest BCUT2D eigenvalue weighted by molar-refractivity contribution is 6.51. The van der Waals surface area contributed by atoms with Crippen molar-refractivity contribution in [3.63, 3.8) is 0 Å². The quantitative estimate of drug-likeness (QED) is 0.358. The molecule has 1 aliphatic heterocycles. The topological polar surface area (TPSA) is 113 Å². The second-order valence-corrected chi connectivity index (χ2v) is 7.35. The van der Waals surface area contributed by atoms with Crippen molar-refractivity contribution < 1.29 is 28.6 Å². The lowest BCUT2D eigenvalue weighted by atomic mass is 9.99. The van der Waals surface area contributed by atoms with Crippen LogP contribution < -0.4 is 14.4 Å². The lowest BCUT2D eigenvalue weighted by Gasteiger charge is -2.23. The fraction of sp³-hybridized carbons (Fsp3) is 0.160. The van der Waals surface area contributed by atoms with Gasteiger partial charge in [-0.3, -0.25) is 14.5 Å². The first-order chi connectivity index (χ1) is 15.9. The van der Waals surface area contributed by atoms with E-state index in [4.69, 9.17) is 19.2 Å². The minimum Gasteiger partial charge on any atom is -0.507 e. The van der Waals surface area contributed by atoms with Crippen molar-refractivity contribution in [2.75, 3.05) is 19.1 Å². The molecule has 1 aromatic heterocycles. The normalized spacial score (nSPS) is 17.2. The van der Waals surface area contributed by atoms with Crippen LogP contribution in [0.5, 0.6) is 11.5 Å². The summed E-state index contributed by atoms with van der Waals surface area (Å²) >= 11 is 0. The van der Waals surface area contributed by atoms with Gasteiger partial charge in [-0.25, -0.2) is 0 Å². The van der Waals surface area contributed by atoms with E-state index in [1.54, 1.807) is 55.5 Å². The number of anilines is 1. The van der Waals surface area contributed by atoms with Gasteiger partial charge in [-0.2, -0.15) is 5.26 Å². The number of aryl methyl sites for hydroxylation is 1. The van der Waals surface area contributed by atoms with Gasteiger partial charge in [0.1, 0.15) is 23.3 Å². The molecule has 4 rings (SSSR count). The predicted molar refractivity (Wildman–Crippen MR) is 119 cm³/mol. The third-order valence-corrected chi connectivity index (χ3v) is 5.41. The van der Waals surface area contributed by atoms with Gasteiger partial charge < -0.3 is 19.0 Å². The first-order valence-corrected chi connectivity index (χ1v) is 9.99. The minimum absolute atomic E-state index is 0.120. The van der Waals surface area contributed by atoms with Crippen LogP contribution in [0.4, 0.5) is 5.69 Å². The third kappa shape index (κ3) is 3.70. The molecule has 0 bridgehead atoms. The Morgan fingerprint density at radius 2 is 1.73 bits per heavy atom. The Morgan fingerprint density at radius 1 is 1.03 bits per heavy atom. The number of hydrogen-bond acceptors (Lipinski definition) is 7. The SMILES string of the molecule is COc1ccc(/C(O)=C2/C(=O)C(=O)N(c3ccc(C#N)cc3)C2c2ccc(C)o2)cc1OC. The number of nitriles is 1. The number of nitrogens with zero attached hydrogens (tertiary/aromatic N) is 2. The van der Waals surface area contributed by atoms with Crippen molar-refractivity contribution in [3.8, 4) is 17.6 Å². The van der Waals surface area contributed by atoms with Gasteiger partial charge in [0.15, 0.2) is 11.5 Å². The molecule has 1 saturated heterocycles. The van der Waals surface area contributed by atoms with Crippen LogP contribution in [0.15, 0.2) is 64.6 Å². The van der Waals surface area contributed by atoms with Crippen LogP contribution in [0.2, 0.25) is 0 Å². The zero-order valence-corrected chi connectivity index (χ0v) is 18.2. The van der Waals surface area contributed by atoms with Crippen molar-refractivity contribution in [1.82, 2.24) is 0 Å². The number of hydrogen-bond donors (Lipinski definition) is 1. The summed E-state index contributed by atoms with van der Waals surface area (Å²) < 4.78 is 16.3. The molecule has 3 aromatic rings. The van der Waals surface area contributed by atoms with Gasteiger partial charge in [-0.05, 0) is 61.5 Å². The summed E-state index contributed by atoms with van der Waals surface area (Å²) in [6.07, 6.45) is 0. The largest absolute Gasteiger partial charge is 0.507 e. The van der Waals surface area contributed by atoms with Crippen molar-refractivity contribution in [2.45, 2.75) is 13.0 Å². The summed E-state index contributed by atoms with van der Waals surface area (Å²) in [5.41, 5.74) is 0.956. The molecular formula is C25H20N2O6. The average Bonchev–Trinajstić information content (AvgIpc) is 3.38. The Bertz CT molecular complexity index is 1310. The highest BCUT2D eigenvalue weighted by Crippen LogP contribution is 2.43. The highest BCUT2D eigenvalue weighted by atomic mass is 16.5. The predicted octanol–water partition coefficient (Wildman–Crippen LogP) is 4.10. The number of Topliss-reactive ketones (excluding diaryl/α,β-unsaturated/α-hetero) is 1. The maximum absolute atomic E-state index is 13.1. The number of benzene rings is 2. The first kappa shape index (κ1) is 21.7. The maximum Gasteiger partial charge on any atom is 0.300 e. The Kier molecular flexibility index (Phi) is 5.63. The number of methoxy groups -OCH3 is 2. The van der Waals surface area contributed by atoms with Crippen LogP contribution >= 0.6 is 0 Å². The Morgan fingerprint density at radius 3 is 2.30 bits per heavy atom. The molecule has 1 N–H and O–H groups in total. The van der Waals surface area contributed by atoms with E-state index in [1.807, 2.05) is 6.07 Å². The summed E-state index contributed by atoms with van der Waals surface area (Å²) in [4.78, 5) is 27.5. The van der Waals surface area contributed by atoms with Gasteiger partial charge >= 0.3 is 0 Å². The van der Waals surface area contributed by atoms with Crippen molar-refractivity contribution in [1.29, 1.82) is 5.26 Å². The van der Waals surface area contributed by atoms with Gasteiger partial charge in [0.05, 0.1) is 31.4 Å². The molecule has 0 spiro atoms. The molecule has 8 heteroatoms. The summed E-state index contributed by atoms with van der Waals surface area (Å²) in [6, 6.07) is 15.3. The van der Waals surface area contributed by atoms with Crippen molar-refractivity contribution in [3.05, 3.63) is 82.8 Å². The van der Waals surface area contributed by atoms with Gasteiger partial charge in [-0.1, -0.05) is 0 Å². The lowest BCUT2D eigenvalue weighted by Crippen LogP contribution is -2.29. The van der Waals surface area contributed by atoms with Crippen LogP contribution in [0, 0.1) is 18.3 Å². The van der Waals surface area contributed by atoms with E-state index in [-0.39, 0.29) is 16.9 Å². The number of aliphatic hydroxyl groups excluding tert-OH is 1. The second-order valence-electron chi connectivity index (χ2n) is 7.35. The molecule has 8 nitrogen and oxygen atoms in total. The van der Waals surface area contributed by atoms with Gasteiger partial charge in [-0.15, -0.1) is 0 Å². The van der Waals surface area contributed by atoms with Crippen LogP contribution in [-0.2, 0) is 9.59 Å². The molecule has 0 aliphatic carbocycles. The molecule has 1 amide bonds. The van der Waals surface area contributed by atoms with E-state index < -0.39 is 17.7 Å². The van der Waals surface area contributed by atoms with Crippen LogP contribution in [0.3, 0.4) is 0 Å². The summed E-state index contributed by atoms with van der Waals surface area (Å²) in [5, 5.41) is 20.3.